The van der Waals surface area contributed by atoms with Crippen molar-refractivity contribution in [2.75, 3.05) is 13.6 Å². The Morgan fingerprint density at radius 2 is 1.73 bits per heavy atom. The second-order valence-corrected chi connectivity index (χ2v) is 14.7. The molecule has 0 radical (unpaired) electrons. The summed E-state index contributed by atoms with van der Waals surface area (Å²) in [5.74, 6) is 2.94. The first kappa shape index (κ1) is 33.0. The van der Waals surface area contributed by atoms with E-state index in [-0.39, 0.29) is 28.5 Å². The molecule has 1 aliphatic heterocycles. The van der Waals surface area contributed by atoms with Gasteiger partial charge in [0.05, 0.1) is 10.5 Å². The summed E-state index contributed by atoms with van der Waals surface area (Å²) in [5.41, 5.74) is 3.09. The number of ether oxygens (including phenoxy) is 1. The number of aliphatic hydroxyl groups is 1. The van der Waals surface area contributed by atoms with Gasteiger partial charge >= 0.3 is 0 Å². The van der Waals surface area contributed by atoms with E-state index in [2.05, 4.69) is 11.4 Å². The zero-order chi connectivity index (χ0) is 34.5. The standard InChI is InChI=1S/C38H39N3O6S/c1-7-39-37(43)31-20-29-30(21-40(6)32(22-42)35(29)41(31)48(45,46)34-14-9-8-11-23(34)2)28-19-26(38(4,5)44)17-18-33(28)47-36-24(3)12-10-13-27(36)25-15-16-25/h8-14,17-21,25,44H,7,15-16H2,1-6H3,(H,39,43). The average molecular weight is 666 g/mol. The molecule has 9 nitrogen and oxygen atoms in total. The van der Waals surface area contributed by atoms with Crippen LogP contribution < -0.4 is 10.1 Å². The van der Waals surface area contributed by atoms with Crippen molar-refractivity contribution in [1.82, 2.24) is 14.2 Å². The van der Waals surface area contributed by atoms with E-state index < -0.39 is 21.5 Å². The van der Waals surface area contributed by atoms with E-state index in [0.717, 1.165) is 33.7 Å². The van der Waals surface area contributed by atoms with Crippen LogP contribution in [0.25, 0.3) is 11.3 Å². The highest BCUT2D eigenvalue weighted by atomic mass is 32.2. The Morgan fingerprint density at radius 3 is 2.38 bits per heavy atom. The maximum absolute atomic E-state index is 14.5. The van der Waals surface area contributed by atoms with Gasteiger partial charge in [0.1, 0.15) is 22.9 Å². The van der Waals surface area contributed by atoms with Crippen LogP contribution in [0.4, 0.5) is 0 Å². The fraction of sp³-hybridized carbons (Fsp3) is 0.289. The zero-order valence-electron chi connectivity index (χ0n) is 27.9. The van der Waals surface area contributed by atoms with E-state index in [9.17, 15) is 23.1 Å². The second kappa shape index (κ2) is 12.3. The monoisotopic (exact) mass is 665 g/mol. The van der Waals surface area contributed by atoms with Gasteiger partial charge in [-0.3, -0.25) is 4.79 Å². The quantitative estimate of drug-likeness (QED) is 0.196. The number of aromatic nitrogens is 1. The Balaban J connectivity index is 1.65. The molecule has 248 valence electrons. The summed E-state index contributed by atoms with van der Waals surface area (Å²) in [6.07, 6.45) is 3.86. The number of amides is 1. The summed E-state index contributed by atoms with van der Waals surface area (Å²) in [6.45, 7) is 9.02. The van der Waals surface area contributed by atoms with Crippen LogP contribution in [0.15, 0.2) is 77.8 Å². The number of aryl methyl sites for hydroxylation is 2. The molecule has 0 atom stereocenters. The minimum absolute atomic E-state index is 0.00170. The molecular formula is C38H39N3O6S. The Labute approximate surface area is 281 Å². The van der Waals surface area contributed by atoms with Crippen LogP contribution in [0.5, 0.6) is 11.5 Å². The number of nitrogens with one attached hydrogen (secondary N) is 1. The molecule has 0 saturated heterocycles. The first-order valence-electron chi connectivity index (χ1n) is 16.0. The van der Waals surface area contributed by atoms with Gasteiger partial charge in [0.2, 0.25) is 0 Å². The van der Waals surface area contributed by atoms with Crippen LogP contribution in [-0.2, 0) is 20.4 Å². The number of para-hydroxylation sites is 1. The lowest BCUT2D eigenvalue weighted by molar-refractivity contribution is 0.0785. The van der Waals surface area contributed by atoms with Crippen LogP contribution in [0.3, 0.4) is 0 Å². The van der Waals surface area contributed by atoms with E-state index in [4.69, 9.17) is 4.74 Å². The summed E-state index contributed by atoms with van der Waals surface area (Å²) >= 11 is 0. The minimum Gasteiger partial charge on any atom is -0.456 e. The van der Waals surface area contributed by atoms with Crippen molar-refractivity contribution < 1.29 is 27.9 Å². The minimum atomic E-state index is -4.41. The maximum Gasteiger partial charge on any atom is 0.269 e. The molecule has 1 saturated carbocycles. The molecule has 10 heteroatoms. The van der Waals surface area contributed by atoms with Crippen molar-refractivity contribution in [3.63, 3.8) is 0 Å². The molecule has 1 aliphatic carbocycles. The molecule has 3 aromatic carbocycles. The van der Waals surface area contributed by atoms with Crippen molar-refractivity contribution in [3.05, 3.63) is 118 Å². The number of rotatable bonds is 9. The van der Waals surface area contributed by atoms with Gasteiger partial charge in [0.15, 0.2) is 11.6 Å². The predicted molar refractivity (Wildman–Crippen MR) is 185 cm³/mol. The molecule has 4 aromatic rings. The van der Waals surface area contributed by atoms with Gasteiger partial charge in [0, 0.05) is 36.5 Å². The van der Waals surface area contributed by atoms with E-state index >= 15 is 0 Å². The van der Waals surface area contributed by atoms with Crippen LogP contribution in [0.1, 0.15) is 89.1 Å². The molecule has 0 bridgehead atoms. The highest BCUT2D eigenvalue weighted by Crippen LogP contribution is 2.48. The van der Waals surface area contributed by atoms with Crippen molar-refractivity contribution in [2.45, 2.75) is 63.9 Å². The normalized spacial score (nSPS) is 14.7. The fourth-order valence-corrected chi connectivity index (χ4v) is 7.95. The van der Waals surface area contributed by atoms with Gasteiger partial charge in [-0.05, 0) is 99.9 Å². The smallest absolute Gasteiger partial charge is 0.269 e. The molecule has 2 N–H and O–H groups in total. The Kier molecular flexibility index (Phi) is 8.45. The molecule has 0 spiro atoms. The molecule has 1 fully saturated rings. The van der Waals surface area contributed by atoms with Crippen molar-refractivity contribution >= 4 is 33.1 Å². The number of carbonyl (C=O) groups is 1. The number of benzene rings is 3. The van der Waals surface area contributed by atoms with E-state index in [0.29, 0.717) is 39.5 Å². The first-order valence-corrected chi connectivity index (χ1v) is 17.4. The van der Waals surface area contributed by atoms with Gasteiger partial charge in [0.25, 0.3) is 15.9 Å². The largest absolute Gasteiger partial charge is 0.456 e. The summed E-state index contributed by atoms with van der Waals surface area (Å²) < 4.78 is 36.7. The molecule has 1 amide bonds. The summed E-state index contributed by atoms with van der Waals surface area (Å²) in [7, 11) is -2.78. The third-order valence-corrected chi connectivity index (χ3v) is 10.7. The summed E-state index contributed by atoms with van der Waals surface area (Å²) in [5, 5.41) is 13.8. The van der Waals surface area contributed by atoms with Crippen molar-refractivity contribution in [2.24, 2.45) is 0 Å². The lowest BCUT2D eigenvalue weighted by Crippen LogP contribution is -2.30. The average Bonchev–Trinajstić information content (AvgIpc) is 3.80. The van der Waals surface area contributed by atoms with Gasteiger partial charge in [-0.25, -0.2) is 17.2 Å². The van der Waals surface area contributed by atoms with Gasteiger partial charge in [-0.1, -0.05) is 42.5 Å². The van der Waals surface area contributed by atoms with Crippen LogP contribution in [-0.4, -0.2) is 47.8 Å². The van der Waals surface area contributed by atoms with Gasteiger partial charge in [-0.2, -0.15) is 0 Å². The Hall–Kier alpha value is -4.89. The van der Waals surface area contributed by atoms with E-state index in [1.165, 1.54) is 17.0 Å². The molecular weight excluding hydrogens is 627 g/mol. The highest BCUT2D eigenvalue weighted by molar-refractivity contribution is 7.90. The molecule has 48 heavy (non-hydrogen) atoms. The summed E-state index contributed by atoms with van der Waals surface area (Å²) in [4.78, 5) is 27.7. The number of carbonyl (C=O) groups excluding carboxylic acids is 2. The van der Waals surface area contributed by atoms with Crippen LogP contribution >= 0.6 is 0 Å². The predicted octanol–water partition coefficient (Wildman–Crippen LogP) is 6.50. The zero-order valence-corrected chi connectivity index (χ0v) is 28.7. The number of hydrogen-bond acceptors (Lipinski definition) is 7. The Morgan fingerprint density at radius 1 is 1.02 bits per heavy atom. The lowest BCUT2D eigenvalue weighted by atomic mass is 9.89. The second-order valence-electron chi connectivity index (χ2n) is 12.9. The lowest BCUT2D eigenvalue weighted by Gasteiger charge is -2.28. The molecule has 2 heterocycles. The van der Waals surface area contributed by atoms with Crippen molar-refractivity contribution in [3.8, 4) is 11.5 Å². The third-order valence-electron chi connectivity index (χ3n) is 8.87. The highest BCUT2D eigenvalue weighted by Gasteiger charge is 2.37. The van der Waals surface area contributed by atoms with Crippen LogP contribution in [0, 0.1) is 13.8 Å². The topological polar surface area (TPSA) is 118 Å². The van der Waals surface area contributed by atoms with E-state index in [1.807, 2.05) is 31.1 Å². The summed E-state index contributed by atoms with van der Waals surface area (Å²) in [6, 6.07) is 19.5. The molecule has 0 unspecified atom stereocenters. The van der Waals surface area contributed by atoms with Gasteiger partial charge < -0.3 is 20.1 Å². The van der Waals surface area contributed by atoms with Crippen LogP contribution in [0.2, 0.25) is 0 Å². The third kappa shape index (κ3) is 5.76. The Bertz CT molecular complexity index is 2140. The first-order chi connectivity index (χ1) is 22.8. The van der Waals surface area contributed by atoms with E-state index in [1.54, 1.807) is 71.3 Å². The number of nitrogens with zero attached hydrogens (tertiary/aromatic N) is 2. The maximum atomic E-state index is 14.5. The number of hydrogen-bond donors (Lipinski definition) is 2. The molecule has 6 rings (SSSR count). The van der Waals surface area contributed by atoms with Crippen molar-refractivity contribution in [1.29, 1.82) is 0 Å². The fourth-order valence-electron chi connectivity index (χ4n) is 6.21. The molecule has 2 aliphatic rings. The SMILES string of the molecule is CCNC(=O)c1cc2c(n1S(=O)(=O)c1ccccc1C)C(=C=O)N(C)C=C2c1cc(C(C)(C)O)ccc1Oc1c(C)cccc1C1CC1. The van der Waals surface area contributed by atoms with Gasteiger partial charge in [-0.15, -0.1) is 0 Å². The number of fused-ring (bicyclic) bond motifs is 1. The molecule has 1 aromatic heterocycles.